The molecule has 0 aliphatic heterocycles. The summed E-state index contributed by atoms with van der Waals surface area (Å²) < 4.78 is 25.7. The van der Waals surface area contributed by atoms with Gasteiger partial charge in [-0.2, -0.15) is 13.8 Å². The van der Waals surface area contributed by atoms with Crippen LogP contribution in [-0.2, 0) is 0 Å². The van der Waals surface area contributed by atoms with Crippen LogP contribution in [0.1, 0.15) is 15.4 Å². The topological polar surface area (TPSA) is 54.9 Å². The Hall–Kier alpha value is -1.89. The summed E-state index contributed by atoms with van der Waals surface area (Å²) in [6.45, 7) is 1.67. The van der Waals surface area contributed by atoms with Crippen molar-refractivity contribution in [2.45, 2.75) is 6.92 Å². The van der Waals surface area contributed by atoms with Gasteiger partial charge in [0.05, 0.1) is 16.9 Å². The van der Waals surface area contributed by atoms with E-state index in [1.807, 2.05) is 0 Å². The molecular weight excluding hydrogens is 248 g/mol. The molecule has 88 valence electrons. The molecule has 2 aromatic rings. The van der Waals surface area contributed by atoms with E-state index in [0.29, 0.717) is 10.6 Å². The van der Waals surface area contributed by atoms with Gasteiger partial charge in [-0.25, -0.2) is 4.98 Å². The number of thiazole rings is 1. The van der Waals surface area contributed by atoms with Crippen LogP contribution < -0.4 is 5.32 Å². The molecule has 0 saturated heterocycles. The Kier molecular flexibility index (Phi) is 3.10. The predicted molar refractivity (Wildman–Crippen MR) is 59.0 cm³/mol. The molecule has 1 N–H and O–H groups in total. The molecule has 0 aliphatic carbocycles. The monoisotopic (exact) mass is 255 g/mol. The third-order valence-corrected chi connectivity index (χ3v) is 2.94. The van der Waals surface area contributed by atoms with Gasteiger partial charge in [0.25, 0.3) is 5.91 Å². The highest BCUT2D eigenvalue weighted by molar-refractivity contribution is 7.12. The van der Waals surface area contributed by atoms with Gasteiger partial charge in [0.2, 0.25) is 11.9 Å². The summed E-state index contributed by atoms with van der Waals surface area (Å²) in [6.07, 6.45) is 0. The van der Waals surface area contributed by atoms with Crippen molar-refractivity contribution in [3.05, 3.63) is 40.1 Å². The summed E-state index contributed by atoms with van der Waals surface area (Å²) in [5.74, 6) is -2.48. The van der Waals surface area contributed by atoms with E-state index in [9.17, 15) is 13.6 Å². The predicted octanol–water partition coefficient (Wildman–Crippen LogP) is 2.38. The summed E-state index contributed by atoms with van der Waals surface area (Å²) in [4.78, 5) is 19.0. The molecule has 17 heavy (non-hydrogen) atoms. The maximum atomic E-state index is 13.2. The molecule has 4 nitrogen and oxygen atoms in total. The maximum absolute atomic E-state index is 13.2. The molecule has 0 aromatic carbocycles. The number of carbonyl (C=O) groups excluding carboxylic acids is 1. The first kappa shape index (κ1) is 11.6. The molecule has 0 atom stereocenters. The zero-order chi connectivity index (χ0) is 12.4. The number of anilines is 1. The van der Waals surface area contributed by atoms with E-state index in [4.69, 9.17) is 0 Å². The van der Waals surface area contributed by atoms with E-state index in [2.05, 4.69) is 15.3 Å². The normalized spacial score (nSPS) is 10.3. The number of carbonyl (C=O) groups is 1. The van der Waals surface area contributed by atoms with Crippen molar-refractivity contribution >= 4 is 22.9 Å². The minimum absolute atomic E-state index is 0.163. The van der Waals surface area contributed by atoms with Crippen LogP contribution in [0.2, 0.25) is 0 Å². The first-order chi connectivity index (χ1) is 8.08. The second-order valence-electron chi connectivity index (χ2n) is 3.19. The highest BCUT2D eigenvalue weighted by Gasteiger charge is 2.14. The van der Waals surface area contributed by atoms with Gasteiger partial charge in [-0.05, 0) is 19.1 Å². The lowest BCUT2D eigenvalue weighted by Crippen LogP contribution is -2.13. The fourth-order valence-corrected chi connectivity index (χ4v) is 1.90. The summed E-state index contributed by atoms with van der Waals surface area (Å²) in [5, 5.41) is 2.31. The average Bonchev–Trinajstić information content (AvgIpc) is 2.68. The number of hydrogen-bond donors (Lipinski definition) is 1. The van der Waals surface area contributed by atoms with Crippen molar-refractivity contribution in [3.8, 4) is 0 Å². The molecule has 1 amide bonds. The van der Waals surface area contributed by atoms with Crippen LogP contribution in [0.3, 0.4) is 0 Å². The third kappa shape index (κ3) is 2.44. The van der Waals surface area contributed by atoms with E-state index in [-0.39, 0.29) is 5.69 Å². The molecule has 0 spiro atoms. The van der Waals surface area contributed by atoms with Gasteiger partial charge >= 0.3 is 0 Å². The van der Waals surface area contributed by atoms with Crippen molar-refractivity contribution in [2.75, 3.05) is 5.32 Å². The van der Waals surface area contributed by atoms with Crippen LogP contribution in [-0.4, -0.2) is 15.9 Å². The third-order valence-electron chi connectivity index (χ3n) is 2.01. The van der Waals surface area contributed by atoms with Gasteiger partial charge in [-0.1, -0.05) is 0 Å². The average molecular weight is 255 g/mol. The number of aromatic nitrogens is 2. The van der Waals surface area contributed by atoms with Crippen LogP contribution >= 0.6 is 11.3 Å². The lowest BCUT2D eigenvalue weighted by Gasteiger charge is -2.04. The van der Waals surface area contributed by atoms with E-state index < -0.39 is 17.8 Å². The van der Waals surface area contributed by atoms with Crippen LogP contribution in [0.5, 0.6) is 0 Å². The minimum Gasteiger partial charge on any atom is -0.317 e. The number of nitrogens with zero attached hydrogens (tertiary/aromatic N) is 2. The highest BCUT2D eigenvalue weighted by Crippen LogP contribution is 2.17. The number of aryl methyl sites for hydroxylation is 1. The zero-order valence-electron chi connectivity index (χ0n) is 8.70. The Morgan fingerprint density at radius 2 is 2.18 bits per heavy atom. The van der Waals surface area contributed by atoms with Crippen molar-refractivity contribution in [1.29, 1.82) is 0 Å². The summed E-state index contributed by atoms with van der Waals surface area (Å²) in [7, 11) is 0. The Balaban J connectivity index is 2.22. The molecule has 0 fully saturated rings. The Morgan fingerprint density at radius 1 is 1.41 bits per heavy atom. The molecule has 7 heteroatoms. The fraction of sp³-hybridized carbons (Fsp3) is 0.100. The van der Waals surface area contributed by atoms with Gasteiger partial charge < -0.3 is 5.32 Å². The van der Waals surface area contributed by atoms with E-state index >= 15 is 0 Å². The van der Waals surface area contributed by atoms with Gasteiger partial charge in [0.15, 0.2) is 0 Å². The SMILES string of the molecule is Cc1ncsc1C(=O)Nc1ccc(F)nc1F. The second-order valence-corrected chi connectivity index (χ2v) is 4.05. The van der Waals surface area contributed by atoms with Crippen molar-refractivity contribution in [1.82, 2.24) is 9.97 Å². The summed E-state index contributed by atoms with van der Waals surface area (Å²) >= 11 is 1.15. The molecule has 0 aliphatic rings. The number of amides is 1. The Morgan fingerprint density at radius 3 is 2.76 bits per heavy atom. The molecule has 0 saturated carbocycles. The minimum atomic E-state index is -1.06. The smallest absolute Gasteiger partial charge is 0.267 e. The van der Waals surface area contributed by atoms with Gasteiger partial charge in [-0.3, -0.25) is 4.79 Å². The second kappa shape index (κ2) is 4.54. The lowest BCUT2D eigenvalue weighted by atomic mass is 10.3. The first-order valence-electron chi connectivity index (χ1n) is 4.61. The van der Waals surface area contributed by atoms with Crippen LogP contribution in [0.4, 0.5) is 14.5 Å². The number of halogens is 2. The first-order valence-corrected chi connectivity index (χ1v) is 5.49. The van der Waals surface area contributed by atoms with Gasteiger partial charge in [0, 0.05) is 0 Å². The van der Waals surface area contributed by atoms with Crippen molar-refractivity contribution in [3.63, 3.8) is 0 Å². The number of pyridine rings is 1. The summed E-state index contributed by atoms with van der Waals surface area (Å²) in [5.41, 5.74) is 1.91. The Labute approximate surface area is 99.3 Å². The lowest BCUT2D eigenvalue weighted by molar-refractivity contribution is 0.102. The molecule has 2 rings (SSSR count). The molecular formula is C10H7F2N3OS. The Bertz CT molecular complexity index is 570. The molecule has 0 bridgehead atoms. The van der Waals surface area contributed by atoms with Crippen LogP contribution in [0, 0.1) is 18.8 Å². The molecule has 2 heterocycles. The standard InChI is InChI=1S/C10H7F2N3OS/c1-5-8(17-4-13-5)10(16)14-6-2-3-7(11)15-9(6)12/h2-4H,1H3,(H,14,16). The van der Waals surface area contributed by atoms with Crippen molar-refractivity contribution in [2.24, 2.45) is 0 Å². The van der Waals surface area contributed by atoms with E-state index in [1.165, 1.54) is 5.51 Å². The van der Waals surface area contributed by atoms with Gasteiger partial charge in [0.1, 0.15) is 4.88 Å². The highest BCUT2D eigenvalue weighted by atomic mass is 32.1. The fourth-order valence-electron chi connectivity index (χ4n) is 1.20. The quantitative estimate of drug-likeness (QED) is 0.838. The molecule has 0 radical (unpaired) electrons. The van der Waals surface area contributed by atoms with Crippen molar-refractivity contribution < 1.29 is 13.6 Å². The molecule has 2 aromatic heterocycles. The van der Waals surface area contributed by atoms with Crippen LogP contribution in [0.15, 0.2) is 17.6 Å². The number of hydrogen-bond acceptors (Lipinski definition) is 4. The van der Waals surface area contributed by atoms with Gasteiger partial charge in [-0.15, -0.1) is 11.3 Å². The van der Waals surface area contributed by atoms with Crippen LogP contribution in [0.25, 0.3) is 0 Å². The zero-order valence-corrected chi connectivity index (χ0v) is 9.52. The number of rotatable bonds is 2. The van der Waals surface area contributed by atoms with E-state index in [1.54, 1.807) is 6.92 Å². The summed E-state index contributed by atoms with van der Waals surface area (Å²) in [6, 6.07) is 2.09. The number of nitrogens with one attached hydrogen (secondary N) is 1. The largest absolute Gasteiger partial charge is 0.317 e. The van der Waals surface area contributed by atoms with E-state index in [0.717, 1.165) is 23.5 Å². The molecule has 0 unspecified atom stereocenters. The maximum Gasteiger partial charge on any atom is 0.267 e.